The molecule has 4 nitrogen and oxygen atoms in total. The first-order chi connectivity index (χ1) is 17.4. The third-order valence-electron chi connectivity index (χ3n) is 7.27. The number of benzene rings is 2. The standard InChI is InChI=1S/C27H29F6NO3/c28-26(29,30)21-7-9-22(10-8-21)36-18-19-4-3-15-34(16-19)17-24(35)25(13-1-2-14-25)20-5-11-23(12-6-20)37-27(31,32)33/h5-12,19H,1-4,13-18H2. The van der Waals surface area contributed by atoms with E-state index in [9.17, 15) is 31.1 Å². The number of piperidine rings is 1. The molecule has 1 saturated heterocycles. The van der Waals surface area contributed by atoms with Crippen LogP contribution in [0.1, 0.15) is 49.7 Å². The Bertz CT molecular complexity index is 1040. The smallest absolute Gasteiger partial charge is 0.493 e. The molecular formula is C27H29F6NO3. The van der Waals surface area contributed by atoms with Crippen LogP contribution in [0.5, 0.6) is 11.5 Å². The third-order valence-corrected chi connectivity index (χ3v) is 7.27. The van der Waals surface area contributed by atoms with Gasteiger partial charge in [-0.15, -0.1) is 13.2 Å². The number of likely N-dealkylation sites (tertiary alicyclic amines) is 1. The van der Waals surface area contributed by atoms with Crippen LogP contribution in [0.3, 0.4) is 0 Å². The molecule has 0 radical (unpaired) electrons. The highest BCUT2D eigenvalue weighted by atomic mass is 19.4. The van der Waals surface area contributed by atoms with Crippen LogP contribution in [-0.2, 0) is 16.4 Å². The SMILES string of the molecule is O=C(CN1CCCC(COc2ccc(C(F)(F)F)cc2)C1)C1(c2ccc(OC(F)(F)F)cc2)CCCC1. The number of hydrogen-bond acceptors (Lipinski definition) is 4. The van der Waals surface area contributed by atoms with Gasteiger partial charge in [-0.3, -0.25) is 9.69 Å². The predicted octanol–water partition coefficient (Wildman–Crippen LogP) is 6.78. The van der Waals surface area contributed by atoms with Crippen molar-refractivity contribution in [1.29, 1.82) is 0 Å². The molecular weight excluding hydrogens is 500 g/mol. The summed E-state index contributed by atoms with van der Waals surface area (Å²) < 4.78 is 85.5. The second kappa shape index (κ2) is 10.9. The zero-order valence-electron chi connectivity index (χ0n) is 20.2. The topological polar surface area (TPSA) is 38.8 Å². The summed E-state index contributed by atoms with van der Waals surface area (Å²) in [4.78, 5) is 15.6. The lowest BCUT2D eigenvalue weighted by Crippen LogP contribution is -2.45. The van der Waals surface area contributed by atoms with Crippen molar-refractivity contribution in [2.45, 2.75) is 56.5 Å². The van der Waals surface area contributed by atoms with E-state index in [0.29, 0.717) is 37.3 Å². The van der Waals surface area contributed by atoms with Gasteiger partial charge in [-0.1, -0.05) is 25.0 Å². The summed E-state index contributed by atoms with van der Waals surface area (Å²) in [6.45, 7) is 1.94. The minimum Gasteiger partial charge on any atom is -0.493 e. The molecule has 0 aromatic heterocycles. The van der Waals surface area contributed by atoms with E-state index in [4.69, 9.17) is 4.74 Å². The Hall–Kier alpha value is -2.75. The summed E-state index contributed by atoms with van der Waals surface area (Å²) in [6, 6.07) is 10.2. The zero-order valence-corrected chi connectivity index (χ0v) is 20.2. The van der Waals surface area contributed by atoms with Gasteiger partial charge in [-0.05, 0) is 74.2 Å². The van der Waals surface area contributed by atoms with Gasteiger partial charge in [0, 0.05) is 12.5 Å². The van der Waals surface area contributed by atoms with Gasteiger partial charge in [0.25, 0.3) is 0 Å². The minimum atomic E-state index is -4.77. The van der Waals surface area contributed by atoms with Crippen molar-refractivity contribution in [3.63, 3.8) is 0 Å². The average molecular weight is 530 g/mol. The number of carbonyl (C=O) groups excluding carboxylic acids is 1. The Labute approximate surface area is 211 Å². The van der Waals surface area contributed by atoms with Crippen LogP contribution < -0.4 is 9.47 Å². The summed E-state index contributed by atoms with van der Waals surface area (Å²) in [6.07, 6.45) is -4.37. The minimum absolute atomic E-state index is 0.0544. The second-order valence-electron chi connectivity index (χ2n) is 9.86. The lowest BCUT2D eigenvalue weighted by atomic mass is 9.75. The quantitative estimate of drug-likeness (QED) is 0.354. The lowest BCUT2D eigenvalue weighted by Gasteiger charge is -2.35. The van der Waals surface area contributed by atoms with Gasteiger partial charge in [0.2, 0.25) is 0 Å². The highest BCUT2D eigenvalue weighted by Gasteiger charge is 2.43. The van der Waals surface area contributed by atoms with Crippen molar-refractivity contribution in [3.8, 4) is 11.5 Å². The Morgan fingerprint density at radius 2 is 1.51 bits per heavy atom. The van der Waals surface area contributed by atoms with Crippen molar-refractivity contribution < 1.29 is 40.6 Å². The summed E-state index contributed by atoms with van der Waals surface area (Å²) in [5.74, 6) is 0.230. The van der Waals surface area contributed by atoms with Gasteiger partial charge in [0.05, 0.1) is 24.1 Å². The van der Waals surface area contributed by atoms with Gasteiger partial charge in [0.15, 0.2) is 5.78 Å². The number of ether oxygens (including phenoxy) is 2. The van der Waals surface area contributed by atoms with Crippen molar-refractivity contribution >= 4 is 5.78 Å². The number of alkyl halides is 6. The average Bonchev–Trinajstić information content (AvgIpc) is 3.34. The van der Waals surface area contributed by atoms with Crippen molar-refractivity contribution in [1.82, 2.24) is 4.90 Å². The molecule has 1 aliphatic heterocycles. The van der Waals surface area contributed by atoms with Crippen LogP contribution in [0.2, 0.25) is 0 Å². The molecule has 2 aromatic carbocycles. The number of hydrogen-bond donors (Lipinski definition) is 0. The maximum absolute atomic E-state index is 13.6. The number of nitrogens with zero attached hydrogens (tertiary/aromatic N) is 1. The molecule has 1 unspecified atom stereocenters. The number of halogens is 6. The van der Waals surface area contributed by atoms with Crippen LogP contribution in [0.25, 0.3) is 0 Å². The molecule has 0 spiro atoms. The molecule has 4 rings (SSSR count). The molecule has 1 heterocycles. The van der Waals surface area contributed by atoms with E-state index in [1.165, 1.54) is 24.3 Å². The maximum atomic E-state index is 13.6. The van der Waals surface area contributed by atoms with E-state index in [-0.39, 0.29) is 24.0 Å². The summed E-state index contributed by atoms with van der Waals surface area (Å²) in [7, 11) is 0. The van der Waals surface area contributed by atoms with Crippen molar-refractivity contribution in [3.05, 3.63) is 59.7 Å². The largest absolute Gasteiger partial charge is 0.573 e. The molecule has 0 N–H and O–H groups in total. The highest BCUT2D eigenvalue weighted by Crippen LogP contribution is 2.43. The molecule has 1 atom stereocenters. The number of Topliss-reactive ketones (excluding diaryl/α,β-unsaturated/α-hetero) is 1. The number of carbonyl (C=O) groups is 1. The predicted molar refractivity (Wildman–Crippen MR) is 124 cm³/mol. The van der Waals surface area contributed by atoms with Crippen LogP contribution in [0, 0.1) is 5.92 Å². The Morgan fingerprint density at radius 1 is 0.892 bits per heavy atom. The molecule has 2 aromatic rings. The van der Waals surface area contributed by atoms with E-state index in [1.54, 1.807) is 12.1 Å². The number of ketones is 1. The summed E-state index contributed by atoms with van der Waals surface area (Å²) in [5.41, 5.74) is -0.741. The lowest BCUT2D eigenvalue weighted by molar-refractivity contribution is -0.274. The fourth-order valence-electron chi connectivity index (χ4n) is 5.42. The monoisotopic (exact) mass is 529 g/mol. The molecule has 0 bridgehead atoms. The van der Waals surface area contributed by atoms with Gasteiger partial charge in [-0.2, -0.15) is 13.2 Å². The summed E-state index contributed by atoms with van der Waals surface area (Å²) in [5, 5.41) is 0. The highest BCUT2D eigenvalue weighted by molar-refractivity contribution is 5.92. The normalized spacial score (nSPS) is 20.5. The first-order valence-corrected chi connectivity index (χ1v) is 12.4. The van der Waals surface area contributed by atoms with Crippen molar-refractivity contribution in [2.75, 3.05) is 26.2 Å². The molecule has 1 saturated carbocycles. The molecule has 2 aliphatic rings. The van der Waals surface area contributed by atoms with Gasteiger partial charge in [-0.25, -0.2) is 0 Å². The van der Waals surface area contributed by atoms with Gasteiger partial charge in [0.1, 0.15) is 11.5 Å². The fraction of sp³-hybridized carbons (Fsp3) is 0.519. The van der Waals surface area contributed by atoms with E-state index >= 15 is 0 Å². The van der Waals surface area contributed by atoms with Crippen LogP contribution >= 0.6 is 0 Å². The number of rotatable bonds is 8. The molecule has 37 heavy (non-hydrogen) atoms. The molecule has 2 fully saturated rings. The molecule has 0 amide bonds. The van der Waals surface area contributed by atoms with Crippen LogP contribution in [0.4, 0.5) is 26.3 Å². The maximum Gasteiger partial charge on any atom is 0.573 e. The van der Waals surface area contributed by atoms with E-state index in [0.717, 1.165) is 44.4 Å². The molecule has 1 aliphatic carbocycles. The molecule has 10 heteroatoms. The van der Waals surface area contributed by atoms with Crippen molar-refractivity contribution in [2.24, 2.45) is 5.92 Å². The van der Waals surface area contributed by atoms with E-state index < -0.39 is 23.5 Å². The summed E-state index contributed by atoms with van der Waals surface area (Å²) >= 11 is 0. The van der Waals surface area contributed by atoms with Gasteiger partial charge >= 0.3 is 12.5 Å². The van der Waals surface area contributed by atoms with Crippen LogP contribution in [0.15, 0.2) is 48.5 Å². The fourth-order valence-corrected chi connectivity index (χ4v) is 5.42. The first kappa shape index (κ1) is 27.3. The second-order valence-corrected chi connectivity index (χ2v) is 9.86. The van der Waals surface area contributed by atoms with E-state index in [2.05, 4.69) is 9.64 Å². The first-order valence-electron chi connectivity index (χ1n) is 12.4. The Kier molecular flexibility index (Phi) is 8.06. The van der Waals surface area contributed by atoms with Gasteiger partial charge < -0.3 is 9.47 Å². The Balaban J connectivity index is 1.35. The zero-order chi connectivity index (χ0) is 26.7. The molecule has 202 valence electrons. The Morgan fingerprint density at radius 3 is 2.11 bits per heavy atom. The van der Waals surface area contributed by atoms with E-state index in [1.807, 2.05) is 0 Å². The third kappa shape index (κ3) is 6.97. The van der Waals surface area contributed by atoms with Crippen LogP contribution in [-0.4, -0.2) is 43.3 Å².